The smallest absolute Gasteiger partial charge is 0.254 e. The van der Waals surface area contributed by atoms with E-state index in [9.17, 15) is 9.59 Å². The van der Waals surface area contributed by atoms with E-state index in [0.717, 1.165) is 89.3 Å². The van der Waals surface area contributed by atoms with Crippen LogP contribution in [0.15, 0.2) is 66.9 Å². The highest BCUT2D eigenvalue weighted by Gasteiger charge is 2.26. The fraction of sp³-hybridized carbons (Fsp3) is 0.422. The summed E-state index contributed by atoms with van der Waals surface area (Å²) in [6, 6.07) is 21.2. The van der Waals surface area contributed by atoms with Crippen molar-refractivity contribution >= 4 is 28.5 Å². The van der Waals surface area contributed by atoms with Gasteiger partial charge in [0, 0.05) is 87.0 Å². The number of carbonyl (C=O) groups excluding carboxylic acids is 2. The molecule has 56 heavy (non-hydrogen) atoms. The average Bonchev–Trinajstić information content (AvgIpc) is 3.61. The second kappa shape index (κ2) is 17.4. The normalized spacial score (nSPS) is 16.6. The minimum Gasteiger partial charge on any atom is -0.381 e. The van der Waals surface area contributed by atoms with Gasteiger partial charge in [0.1, 0.15) is 0 Å². The highest BCUT2D eigenvalue weighted by Crippen LogP contribution is 2.34. The first-order chi connectivity index (χ1) is 27.1. The number of nitrogens with two attached hydrogens (primary N) is 1. The Morgan fingerprint density at radius 2 is 1.80 bits per heavy atom. The van der Waals surface area contributed by atoms with E-state index in [1.165, 1.54) is 11.1 Å². The van der Waals surface area contributed by atoms with Crippen LogP contribution in [0.5, 0.6) is 0 Å². The van der Waals surface area contributed by atoms with E-state index in [0.29, 0.717) is 56.4 Å². The molecule has 2 aliphatic rings. The number of ether oxygens (including phenoxy) is 1. The number of nitrogens with one attached hydrogen (secondary N) is 2. The van der Waals surface area contributed by atoms with E-state index >= 15 is 0 Å². The van der Waals surface area contributed by atoms with Gasteiger partial charge in [0.25, 0.3) is 5.91 Å². The fourth-order valence-corrected chi connectivity index (χ4v) is 8.25. The van der Waals surface area contributed by atoms with Crippen LogP contribution in [0, 0.1) is 13.8 Å². The number of aromatic nitrogens is 3. The molecule has 11 heteroatoms. The lowest BCUT2D eigenvalue weighted by Gasteiger charge is -2.31. The number of hydrogen-bond acceptors (Lipinski definition) is 8. The SMILES string of the molecule is CCc1nc2c(cnn2CC)c(NC2CCOCC2)c1CN(Cc1ccc(C)c(-c2cccc(CN3CCN[C@H](C)C3)c2)c1)C(=O)c1cc(C)cc(C(N)=O)c1. The number of pyridine rings is 1. The minimum absolute atomic E-state index is 0.186. The zero-order chi connectivity index (χ0) is 39.3. The monoisotopic (exact) mass is 756 g/mol. The van der Waals surface area contributed by atoms with Crippen LogP contribution in [0.25, 0.3) is 22.2 Å². The second-order valence-corrected chi connectivity index (χ2v) is 15.5. The van der Waals surface area contributed by atoms with Gasteiger partial charge in [0.05, 0.1) is 23.8 Å². The summed E-state index contributed by atoms with van der Waals surface area (Å²) in [6.45, 7) is 17.1. The Morgan fingerprint density at radius 3 is 2.55 bits per heavy atom. The average molecular weight is 757 g/mol. The molecule has 2 amide bonds. The Balaban J connectivity index is 1.28. The number of anilines is 1. The van der Waals surface area contributed by atoms with Crippen molar-refractivity contribution in [2.75, 3.05) is 38.2 Å². The maximum absolute atomic E-state index is 14.9. The molecule has 0 spiro atoms. The third-order valence-electron chi connectivity index (χ3n) is 11.2. The number of fused-ring (bicyclic) bond motifs is 1. The van der Waals surface area contributed by atoms with Crippen LogP contribution in [-0.4, -0.2) is 81.3 Å². The van der Waals surface area contributed by atoms with E-state index < -0.39 is 5.91 Å². The van der Waals surface area contributed by atoms with Gasteiger partial charge in [-0.1, -0.05) is 37.3 Å². The molecule has 11 nitrogen and oxygen atoms in total. The molecule has 0 unspecified atom stereocenters. The molecule has 2 aliphatic heterocycles. The molecule has 1 atom stereocenters. The van der Waals surface area contributed by atoms with Gasteiger partial charge in [-0.05, 0) is 111 Å². The molecule has 2 saturated heterocycles. The van der Waals surface area contributed by atoms with Crippen LogP contribution >= 0.6 is 0 Å². The zero-order valence-corrected chi connectivity index (χ0v) is 33.5. The van der Waals surface area contributed by atoms with E-state index in [4.69, 9.17) is 20.6 Å². The molecule has 2 aromatic heterocycles. The first kappa shape index (κ1) is 39.1. The maximum Gasteiger partial charge on any atom is 0.254 e. The summed E-state index contributed by atoms with van der Waals surface area (Å²) in [4.78, 5) is 36.8. The molecule has 294 valence electrons. The van der Waals surface area contributed by atoms with Crippen LogP contribution in [0.1, 0.15) is 87.8 Å². The van der Waals surface area contributed by atoms with Gasteiger partial charge in [-0.3, -0.25) is 14.5 Å². The van der Waals surface area contributed by atoms with E-state index in [1.54, 1.807) is 12.1 Å². The lowest BCUT2D eigenvalue weighted by atomic mass is 9.96. The van der Waals surface area contributed by atoms with Gasteiger partial charge in [-0.2, -0.15) is 5.10 Å². The third-order valence-corrected chi connectivity index (χ3v) is 11.2. The first-order valence-corrected chi connectivity index (χ1v) is 20.2. The molecule has 7 rings (SSSR count). The Morgan fingerprint density at radius 1 is 1.00 bits per heavy atom. The van der Waals surface area contributed by atoms with Crippen molar-refractivity contribution < 1.29 is 14.3 Å². The summed E-state index contributed by atoms with van der Waals surface area (Å²) in [7, 11) is 0. The molecular formula is C45H56N8O3. The molecule has 3 aromatic carbocycles. The van der Waals surface area contributed by atoms with Crippen molar-refractivity contribution in [2.24, 2.45) is 5.73 Å². The molecule has 0 saturated carbocycles. The fourth-order valence-electron chi connectivity index (χ4n) is 8.25. The standard InChI is InChI=1S/C45H56N8O3/c1-6-41-40(42(49-37-13-17-56-18-14-37)39-24-48-53(7-2)44(39)50-41)28-52(45(55)36-20-29(3)19-35(23-36)43(46)54)27-33-12-11-30(4)38(22-33)34-10-8-9-32(21-34)26-51-16-15-47-31(5)25-51/h8-12,19-24,31,37,47H,6-7,13-18,25-28H2,1-5H3,(H2,46,54)(H,49,50)/t31-/m1/s1. The van der Waals surface area contributed by atoms with E-state index in [1.807, 2.05) is 28.8 Å². The van der Waals surface area contributed by atoms with Crippen molar-refractivity contribution in [3.05, 3.63) is 111 Å². The van der Waals surface area contributed by atoms with E-state index in [-0.39, 0.29) is 11.9 Å². The van der Waals surface area contributed by atoms with Crippen molar-refractivity contribution in [3.8, 4) is 11.1 Å². The molecule has 2 fully saturated rings. The molecule has 4 N–H and O–H groups in total. The largest absolute Gasteiger partial charge is 0.381 e. The minimum atomic E-state index is -0.565. The second-order valence-electron chi connectivity index (χ2n) is 15.5. The van der Waals surface area contributed by atoms with Crippen LogP contribution in [0.4, 0.5) is 5.69 Å². The summed E-state index contributed by atoms with van der Waals surface area (Å²) in [6.07, 6.45) is 4.34. The number of nitrogens with zero attached hydrogens (tertiary/aromatic N) is 5. The van der Waals surface area contributed by atoms with E-state index in [2.05, 4.69) is 85.7 Å². The first-order valence-electron chi connectivity index (χ1n) is 20.2. The third kappa shape index (κ3) is 8.80. The topological polar surface area (TPSA) is 131 Å². The Bertz CT molecular complexity index is 2210. The Labute approximate surface area is 330 Å². The molecule has 0 bridgehead atoms. The molecule has 5 aromatic rings. The quantitative estimate of drug-likeness (QED) is 0.122. The number of hydrogen-bond donors (Lipinski definition) is 3. The van der Waals surface area contributed by atoms with Crippen molar-refractivity contribution in [2.45, 2.75) is 92.1 Å². The summed E-state index contributed by atoms with van der Waals surface area (Å²) >= 11 is 0. The maximum atomic E-state index is 14.9. The molecule has 4 heterocycles. The number of piperazine rings is 1. The summed E-state index contributed by atoms with van der Waals surface area (Å²) in [5, 5.41) is 13.1. The highest BCUT2D eigenvalue weighted by atomic mass is 16.5. The molecule has 0 radical (unpaired) electrons. The lowest BCUT2D eigenvalue weighted by molar-refractivity contribution is 0.0729. The Kier molecular flexibility index (Phi) is 12.1. The lowest BCUT2D eigenvalue weighted by Crippen LogP contribution is -2.48. The highest BCUT2D eigenvalue weighted by molar-refractivity contribution is 6.00. The Hall–Kier alpha value is -5.10. The molecular weight excluding hydrogens is 701 g/mol. The number of benzene rings is 3. The zero-order valence-electron chi connectivity index (χ0n) is 33.5. The predicted molar refractivity (Wildman–Crippen MR) is 223 cm³/mol. The summed E-state index contributed by atoms with van der Waals surface area (Å²) in [5.41, 5.74) is 16.7. The number of carbonyl (C=O) groups is 2. The van der Waals surface area contributed by atoms with Crippen LogP contribution in [0.2, 0.25) is 0 Å². The summed E-state index contributed by atoms with van der Waals surface area (Å²) < 4.78 is 7.64. The van der Waals surface area contributed by atoms with Gasteiger partial charge in [-0.25, -0.2) is 9.67 Å². The van der Waals surface area contributed by atoms with Crippen LogP contribution in [0.3, 0.4) is 0 Å². The van der Waals surface area contributed by atoms with Gasteiger partial charge >= 0.3 is 0 Å². The van der Waals surface area contributed by atoms with Crippen LogP contribution in [-0.2, 0) is 37.3 Å². The number of aryl methyl sites for hydroxylation is 4. The number of amides is 2. The predicted octanol–water partition coefficient (Wildman–Crippen LogP) is 6.62. The van der Waals surface area contributed by atoms with Crippen molar-refractivity contribution in [1.29, 1.82) is 0 Å². The van der Waals surface area contributed by atoms with Crippen molar-refractivity contribution in [3.63, 3.8) is 0 Å². The number of rotatable bonds is 13. The van der Waals surface area contributed by atoms with Gasteiger partial charge in [0.2, 0.25) is 5.91 Å². The van der Waals surface area contributed by atoms with Crippen LogP contribution < -0.4 is 16.4 Å². The van der Waals surface area contributed by atoms with Gasteiger partial charge in [-0.15, -0.1) is 0 Å². The number of primary amides is 1. The molecule has 0 aliphatic carbocycles. The van der Waals surface area contributed by atoms with Gasteiger partial charge < -0.3 is 26.0 Å². The van der Waals surface area contributed by atoms with Crippen molar-refractivity contribution in [1.82, 2.24) is 29.9 Å². The summed E-state index contributed by atoms with van der Waals surface area (Å²) in [5.74, 6) is -0.751. The van der Waals surface area contributed by atoms with Gasteiger partial charge in [0.15, 0.2) is 5.65 Å².